The molecule has 0 bridgehead atoms. The first-order valence-electron chi connectivity index (χ1n) is 6.76. The standard InChI is InChI=1S/C13H15N5O3/c19-11-8-17(4-3-16-11)12(20)9-6-18(7-9)13(21)10-5-14-1-2-15-10/h1-2,5,9H,3-4,6-8H2,(H,16,19). The lowest BCUT2D eigenvalue weighted by atomic mass is 9.97. The first-order chi connectivity index (χ1) is 10.1. The molecule has 0 aliphatic carbocycles. The lowest BCUT2D eigenvalue weighted by molar-refractivity contribution is -0.144. The number of carbonyl (C=O) groups excluding carboxylic acids is 3. The monoisotopic (exact) mass is 289 g/mol. The van der Waals surface area contributed by atoms with Gasteiger partial charge in [0.05, 0.1) is 18.7 Å². The van der Waals surface area contributed by atoms with Crippen molar-refractivity contribution < 1.29 is 14.4 Å². The van der Waals surface area contributed by atoms with Crippen LogP contribution in [-0.4, -0.2) is 70.2 Å². The fraction of sp³-hybridized carbons (Fsp3) is 0.462. The van der Waals surface area contributed by atoms with Gasteiger partial charge in [-0.1, -0.05) is 0 Å². The van der Waals surface area contributed by atoms with Crippen LogP contribution in [-0.2, 0) is 9.59 Å². The number of carbonyl (C=O) groups is 3. The second-order valence-corrected chi connectivity index (χ2v) is 5.11. The summed E-state index contributed by atoms with van der Waals surface area (Å²) in [6, 6.07) is 0. The fourth-order valence-corrected chi connectivity index (χ4v) is 2.46. The minimum Gasteiger partial charge on any atom is -0.353 e. The average molecular weight is 289 g/mol. The number of nitrogens with zero attached hydrogens (tertiary/aromatic N) is 4. The molecule has 2 aliphatic rings. The van der Waals surface area contributed by atoms with E-state index >= 15 is 0 Å². The Kier molecular flexibility index (Phi) is 3.51. The lowest BCUT2D eigenvalue weighted by Crippen LogP contribution is -2.59. The lowest BCUT2D eigenvalue weighted by Gasteiger charge is -2.41. The molecule has 0 atom stereocenters. The van der Waals surface area contributed by atoms with Crippen LogP contribution >= 0.6 is 0 Å². The normalized spacial score (nSPS) is 19.0. The first-order valence-corrected chi connectivity index (χ1v) is 6.76. The van der Waals surface area contributed by atoms with Gasteiger partial charge in [-0.05, 0) is 0 Å². The van der Waals surface area contributed by atoms with Crippen LogP contribution in [0.1, 0.15) is 10.5 Å². The summed E-state index contributed by atoms with van der Waals surface area (Å²) in [5.41, 5.74) is 0.278. The Hall–Kier alpha value is -2.51. The Morgan fingerprint density at radius 3 is 2.71 bits per heavy atom. The highest BCUT2D eigenvalue weighted by Crippen LogP contribution is 2.20. The highest BCUT2D eigenvalue weighted by molar-refractivity contribution is 5.94. The number of piperazine rings is 1. The number of rotatable bonds is 2. The predicted molar refractivity (Wildman–Crippen MR) is 71.0 cm³/mol. The molecule has 2 fully saturated rings. The van der Waals surface area contributed by atoms with E-state index in [1.54, 1.807) is 9.80 Å². The molecular formula is C13H15N5O3. The van der Waals surface area contributed by atoms with E-state index in [9.17, 15) is 14.4 Å². The van der Waals surface area contributed by atoms with Crippen molar-refractivity contribution in [3.63, 3.8) is 0 Å². The fourth-order valence-electron chi connectivity index (χ4n) is 2.46. The van der Waals surface area contributed by atoms with Crippen molar-refractivity contribution in [1.29, 1.82) is 0 Å². The molecule has 2 saturated heterocycles. The number of hydrogen-bond donors (Lipinski definition) is 1. The van der Waals surface area contributed by atoms with Crippen LogP contribution in [0.3, 0.4) is 0 Å². The van der Waals surface area contributed by atoms with E-state index in [1.165, 1.54) is 18.6 Å². The van der Waals surface area contributed by atoms with Gasteiger partial charge in [0.15, 0.2) is 0 Å². The van der Waals surface area contributed by atoms with Gasteiger partial charge >= 0.3 is 0 Å². The van der Waals surface area contributed by atoms with Crippen molar-refractivity contribution in [2.45, 2.75) is 0 Å². The van der Waals surface area contributed by atoms with Crippen molar-refractivity contribution in [2.75, 3.05) is 32.7 Å². The van der Waals surface area contributed by atoms with Crippen LogP contribution in [0.15, 0.2) is 18.6 Å². The maximum absolute atomic E-state index is 12.2. The van der Waals surface area contributed by atoms with Crippen molar-refractivity contribution in [3.8, 4) is 0 Å². The molecule has 1 aromatic rings. The third-order valence-electron chi connectivity index (χ3n) is 3.65. The topological polar surface area (TPSA) is 95.5 Å². The maximum atomic E-state index is 12.2. The molecule has 1 aromatic heterocycles. The van der Waals surface area contributed by atoms with E-state index in [-0.39, 0.29) is 35.9 Å². The van der Waals surface area contributed by atoms with E-state index in [4.69, 9.17) is 0 Å². The molecule has 8 heteroatoms. The third kappa shape index (κ3) is 2.69. The summed E-state index contributed by atoms with van der Waals surface area (Å²) >= 11 is 0. The molecule has 0 saturated carbocycles. The van der Waals surface area contributed by atoms with Crippen LogP contribution in [0.4, 0.5) is 0 Å². The van der Waals surface area contributed by atoms with E-state index in [0.29, 0.717) is 26.2 Å². The molecular weight excluding hydrogens is 274 g/mol. The third-order valence-corrected chi connectivity index (χ3v) is 3.65. The van der Waals surface area contributed by atoms with Crippen LogP contribution in [0, 0.1) is 5.92 Å². The van der Waals surface area contributed by atoms with E-state index in [1.807, 2.05) is 0 Å². The van der Waals surface area contributed by atoms with Gasteiger partial charge in [-0.2, -0.15) is 0 Å². The molecule has 3 amide bonds. The quantitative estimate of drug-likeness (QED) is 0.715. The van der Waals surface area contributed by atoms with E-state index in [0.717, 1.165) is 0 Å². The van der Waals surface area contributed by atoms with Crippen LogP contribution in [0.5, 0.6) is 0 Å². The molecule has 110 valence electrons. The van der Waals surface area contributed by atoms with E-state index in [2.05, 4.69) is 15.3 Å². The van der Waals surface area contributed by atoms with Gasteiger partial charge in [0.25, 0.3) is 5.91 Å². The van der Waals surface area contributed by atoms with Gasteiger partial charge in [0, 0.05) is 38.6 Å². The summed E-state index contributed by atoms with van der Waals surface area (Å²) < 4.78 is 0. The van der Waals surface area contributed by atoms with Crippen LogP contribution in [0.2, 0.25) is 0 Å². The number of amides is 3. The summed E-state index contributed by atoms with van der Waals surface area (Å²) in [5.74, 6) is -0.644. The second kappa shape index (κ2) is 5.47. The maximum Gasteiger partial charge on any atom is 0.274 e. The molecule has 0 radical (unpaired) electrons. The second-order valence-electron chi connectivity index (χ2n) is 5.11. The van der Waals surface area contributed by atoms with Gasteiger partial charge in [-0.15, -0.1) is 0 Å². The minimum absolute atomic E-state index is 0.0620. The molecule has 0 unspecified atom stereocenters. The molecule has 1 N–H and O–H groups in total. The zero-order chi connectivity index (χ0) is 14.8. The zero-order valence-corrected chi connectivity index (χ0v) is 11.4. The molecule has 0 spiro atoms. The number of hydrogen-bond acceptors (Lipinski definition) is 5. The molecule has 2 aliphatic heterocycles. The highest BCUT2D eigenvalue weighted by Gasteiger charge is 2.39. The van der Waals surface area contributed by atoms with Gasteiger partial charge in [-0.25, -0.2) is 4.98 Å². The Morgan fingerprint density at radius 2 is 2.05 bits per heavy atom. The zero-order valence-electron chi connectivity index (χ0n) is 11.4. The number of aromatic nitrogens is 2. The van der Waals surface area contributed by atoms with Gasteiger partial charge in [-0.3, -0.25) is 19.4 Å². The summed E-state index contributed by atoms with van der Waals surface area (Å²) in [4.78, 5) is 46.5. The molecule has 3 heterocycles. The summed E-state index contributed by atoms with van der Waals surface area (Å²) in [5, 5.41) is 2.68. The first kappa shape index (κ1) is 13.5. The van der Waals surface area contributed by atoms with Crippen molar-refractivity contribution >= 4 is 17.7 Å². The van der Waals surface area contributed by atoms with Gasteiger partial charge < -0.3 is 15.1 Å². The highest BCUT2D eigenvalue weighted by atomic mass is 16.2. The SMILES string of the molecule is O=C1CN(C(=O)C2CN(C(=O)c3cnccn3)C2)CCN1. The predicted octanol–water partition coefficient (Wildman–Crippen LogP) is -1.49. The summed E-state index contributed by atoms with van der Waals surface area (Å²) in [6.07, 6.45) is 4.37. The van der Waals surface area contributed by atoms with Crippen molar-refractivity contribution in [2.24, 2.45) is 5.92 Å². The number of nitrogens with one attached hydrogen (secondary N) is 1. The molecule has 21 heavy (non-hydrogen) atoms. The smallest absolute Gasteiger partial charge is 0.274 e. The minimum atomic E-state index is -0.225. The molecule has 0 aromatic carbocycles. The number of likely N-dealkylation sites (tertiary alicyclic amines) is 1. The average Bonchev–Trinajstić information content (AvgIpc) is 2.46. The Balaban J connectivity index is 1.54. The summed E-state index contributed by atoms with van der Waals surface area (Å²) in [6.45, 7) is 1.85. The molecule has 3 rings (SSSR count). The van der Waals surface area contributed by atoms with E-state index < -0.39 is 0 Å². The largest absolute Gasteiger partial charge is 0.353 e. The van der Waals surface area contributed by atoms with Gasteiger partial charge in [0.2, 0.25) is 11.8 Å². The van der Waals surface area contributed by atoms with Crippen LogP contribution < -0.4 is 5.32 Å². The Morgan fingerprint density at radius 1 is 1.24 bits per heavy atom. The van der Waals surface area contributed by atoms with Crippen LogP contribution in [0.25, 0.3) is 0 Å². The van der Waals surface area contributed by atoms with Crippen molar-refractivity contribution in [1.82, 2.24) is 25.1 Å². The van der Waals surface area contributed by atoms with Crippen molar-refractivity contribution in [3.05, 3.63) is 24.3 Å². The molecule has 8 nitrogen and oxygen atoms in total. The Bertz CT molecular complexity index is 570. The summed E-state index contributed by atoms with van der Waals surface area (Å²) in [7, 11) is 0. The Labute approximate surface area is 121 Å². The van der Waals surface area contributed by atoms with Gasteiger partial charge in [0.1, 0.15) is 5.69 Å².